The van der Waals surface area contributed by atoms with Crippen LogP contribution in [0.5, 0.6) is 0 Å². The lowest BCUT2D eigenvalue weighted by atomic mass is 9.66. The van der Waals surface area contributed by atoms with Crippen molar-refractivity contribution in [1.82, 2.24) is 10.1 Å². The van der Waals surface area contributed by atoms with Gasteiger partial charge in [-0.15, -0.1) is 0 Å². The molecule has 0 radical (unpaired) electrons. The number of hydrogen-bond acceptors (Lipinski definition) is 7. The van der Waals surface area contributed by atoms with Crippen molar-refractivity contribution < 1.29 is 14.1 Å². The van der Waals surface area contributed by atoms with Gasteiger partial charge in [0.05, 0.1) is 22.9 Å². The molecule has 0 atom stereocenters. The first kappa shape index (κ1) is 23.1. The van der Waals surface area contributed by atoms with E-state index in [1.54, 1.807) is 18.3 Å². The summed E-state index contributed by atoms with van der Waals surface area (Å²) in [6.45, 7) is 6.37. The number of ketones is 1. The fourth-order valence-corrected chi connectivity index (χ4v) is 7.13. The van der Waals surface area contributed by atoms with Crippen LogP contribution in [0.4, 0.5) is 5.13 Å². The van der Waals surface area contributed by atoms with E-state index in [1.165, 1.54) is 24.8 Å². The number of thiazole rings is 1. The van der Waals surface area contributed by atoms with Gasteiger partial charge in [-0.25, -0.2) is 4.98 Å². The first-order chi connectivity index (χ1) is 18.0. The molecule has 0 N–H and O–H groups in total. The molecule has 2 aliphatic carbocycles. The Kier molecular flexibility index (Phi) is 5.48. The highest BCUT2D eigenvalue weighted by Gasteiger charge is 2.49. The lowest BCUT2D eigenvalue weighted by molar-refractivity contribution is -0.0796. The second-order valence-electron chi connectivity index (χ2n) is 11.2. The van der Waals surface area contributed by atoms with Crippen LogP contribution in [-0.2, 0) is 11.3 Å². The maximum atomic E-state index is 11.8. The third-order valence-electron chi connectivity index (χ3n) is 8.44. The first-order valence-corrected chi connectivity index (χ1v) is 14.1. The van der Waals surface area contributed by atoms with Crippen molar-refractivity contribution in [2.45, 2.75) is 64.6 Å². The van der Waals surface area contributed by atoms with Crippen molar-refractivity contribution in [3.63, 3.8) is 0 Å². The maximum Gasteiger partial charge on any atom is 0.186 e. The summed E-state index contributed by atoms with van der Waals surface area (Å²) in [7, 11) is 0. The van der Waals surface area contributed by atoms with Crippen LogP contribution in [0.15, 0.2) is 47.0 Å². The van der Waals surface area contributed by atoms with Crippen molar-refractivity contribution in [2.75, 3.05) is 18.0 Å². The minimum absolute atomic E-state index is 0.0963. The standard InChI is InChI=1S/C30H31N3O3S/c1-18-5-3-4-6-23(18)27-24(28(36-32-27)20-7-8-20)16-35-22-14-30(15-22)11-12-33(17-30)29-31-25-10-9-21(19(2)34)13-26(25)37-29/h3-6,9-10,13,20,22H,7-8,11-12,14-17H2,1-2H3. The van der Waals surface area contributed by atoms with Crippen molar-refractivity contribution in [3.8, 4) is 11.3 Å². The van der Waals surface area contributed by atoms with Crippen LogP contribution in [0.3, 0.4) is 0 Å². The number of anilines is 1. The molecule has 0 unspecified atom stereocenters. The zero-order valence-corrected chi connectivity index (χ0v) is 22.1. The summed E-state index contributed by atoms with van der Waals surface area (Å²) < 4.78 is 13.4. The highest BCUT2D eigenvalue weighted by atomic mass is 32.1. The number of carbonyl (C=O) groups is 1. The fourth-order valence-electron chi connectivity index (χ4n) is 6.10. The first-order valence-electron chi connectivity index (χ1n) is 13.3. The van der Waals surface area contributed by atoms with Gasteiger partial charge < -0.3 is 14.2 Å². The second kappa shape index (κ2) is 8.77. The van der Waals surface area contributed by atoms with Crippen LogP contribution in [-0.4, -0.2) is 35.1 Å². The summed E-state index contributed by atoms with van der Waals surface area (Å²) in [6.07, 6.45) is 6.00. The molecule has 2 saturated carbocycles. The summed E-state index contributed by atoms with van der Waals surface area (Å²) in [5.41, 5.74) is 6.49. The fraction of sp³-hybridized carbons (Fsp3) is 0.433. The number of benzene rings is 2. The van der Waals surface area contributed by atoms with E-state index in [4.69, 9.17) is 14.2 Å². The highest BCUT2D eigenvalue weighted by molar-refractivity contribution is 7.22. The molecular formula is C30H31N3O3S. The largest absolute Gasteiger partial charge is 0.373 e. The number of aromatic nitrogens is 2. The molecule has 37 heavy (non-hydrogen) atoms. The van der Waals surface area contributed by atoms with Gasteiger partial charge in [0, 0.05) is 35.7 Å². The monoisotopic (exact) mass is 513 g/mol. The summed E-state index contributed by atoms with van der Waals surface area (Å²) in [6, 6.07) is 14.2. The van der Waals surface area contributed by atoms with Gasteiger partial charge in [0.25, 0.3) is 0 Å². The van der Waals surface area contributed by atoms with Gasteiger partial charge in [-0.3, -0.25) is 4.79 Å². The highest BCUT2D eigenvalue weighted by Crippen LogP contribution is 2.51. The average Bonchev–Trinajstić information content (AvgIpc) is 3.28. The zero-order chi connectivity index (χ0) is 25.1. The Labute approximate surface area is 220 Å². The van der Waals surface area contributed by atoms with Crippen molar-refractivity contribution >= 4 is 32.5 Å². The Morgan fingerprint density at radius 3 is 2.84 bits per heavy atom. The molecule has 1 spiro atoms. The number of ether oxygens (including phenoxy) is 1. The number of aryl methyl sites for hydroxylation is 1. The van der Waals surface area contributed by atoms with E-state index in [1.807, 2.05) is 18.2 Å². The average molecular weight is 514 g/mol. The van der Waals surface area contributed by atoms with E-state index in [2.05, 4.69) is 41.2 Å². The molecule has 0 bridgehead atoms. The molecule has 6 nitrogen and oxygen atoms in total. The Morgan fingerprint density at radius 2 is 2.05 bits per heavy atom. The van der Waals surface area contributed by atoms with Crippen molar-refractivity contribution in [3.05, 3.63) is 64.9 Å². The zero-order valence-electron chi connectivity index (χ0n) is 21.3. The maximum absolute atomic E-state index is 11.8. The predicted molar refractivity (Wildman–Crippen MR) is 145 cm³/mol. The molecule has 4 aromatic rings. The molecule has 2 aromatic heterocycles. The van der Waals surface area contributed by atoms with E-state index in [9.17, 15) is 4.79 Å². The summed E-state index contributed by atoms with van der Waals surface area (Å²) in [5, 5.41) is 5.56. The van der Waals surface area contributed by atoms with Crippen molar-refractivity contribution in [1.29, 1.82) is 0 Å². The normalized spacial score (nSPS) is 23.2. The van der Waals surface area contributed by atoms with Gasteiger partial charge >= 0.3 is 0 Å². The predicted octanol–water partition coefficient (Wildman–Crippen LogP) is 6.92. The number of nitrogens with zero attached hydrogens (tertiary/aromatic N) is 3. The lowest BCUT2D eigenvalue weighted by Crippen LogP contribution is -2.44. The van der Waals surface area contributed by atoms with Crippen LogP contribution < -0.4 is 4.90 Å². The van der Waals surface area contributed by atoms with E-state index < -0.39 is 0 Å². The van der Waals surface area contributed by atoms with Crippen LogP contribution in [0.2, 0.25) is 0 Å². The van der Waals surface area contributed by atoms with Gasteiger partial charge in [0.1, 0.15) is 11.5 Å². The molecule has 190 valence electrons. The molecule has 7 rings (SSSR count). The Hall–Kier alpha value is -3.03. The van der Waals surface area contributed by atoms with E-state index >= 15 is 0 Å². The molecule has 0 amide bonds. The van der Waals surface area contributed by atoms with Crippen LogP contribution in [0.1, 0.15) is 72.2 Å². The van der Waals surface area contributed by atoms with Gasteiger partial charge in [-0.05, 0) is 75.1 Å². The van der Waals surface area contributed by atoms with Crippen LogP contribution in [0, 0.1) is 12.3 Å². The molecule has 1 aliphatic heterocycles. The topological polar surface area (TPSA) is 68.5 Å². The number of fused-ring (bicyclic) bond motifs is 1. The molecule has 1 saturated heterocycles. The molecule has 3 heterocycles. The Morgan fingerprint density at radius 1 is 1.22 bits per heavy atom. The van der Waals surface area contributed by atoms with E-state index in [0.717, 1.165) is 69.4 Å². The number of Topliss-reactive ketones (excluding diaryl/α,β-unsaturated/α-hetero) is 1. The van der Waals surface area contributed by atoms with Crippen LogP contribution >= 0.6 is 11.3 Å². The smallest absolute Gasteiger partial charge is 0.186 e. The second-order valence-corrected chi connectivity index (χ2v) is 12.2. The quantitative estimate of drug-likeness (QED) is 0.250. The van der Waals surface area contributed by atoms with Crippen molar-refractivity contribution in [2.24, 2.45) is 5.41 Å². The Balaban J connectivity index is 1.01. The minimum atomic E-state index is 0.0963. The van der Waals surface area contributed by atoms with Gasteiger partial charge in [0.2, 0.25) is 0 Å². The molecule has 7 heteroatoms. The summed E-state index contributed by atoms with van der Waals surface area (Å²) in [5.74, 6) is 1.63. The number of carbonyl (C=O) groups excluding carboxylic acids is 1. The number of hydrogen-bond donors (Lipinski definition) is 0. The molecule has 3 fully saturated rings. The van der Waals surface area contributed by atoms with E-state index in [-0.39, 0.29) is 11.9 Å². The minimum Gasteiger partial charge on any atom is -0.373 e. The molecule has 2 aromatic carbocycles. The third-order valence-corrected chi connectivity index (χ3v) is 9.52. The van der Waals surface area contributed by atoms with Gasteiger partial charge in [-0.2, -0.15) is 0 Å². The Bertz CT molecular complexity index is 1500. The van der Waals surface area contributed by atoms with Gasteiger partial charge in [-0.1, -0.05) is 40.8 Å². The SMILES string of the molecule is CC(=O)c1ccc2nc(N3CCC4(CC(OCc5c(-c6ccccc6C)noc5C5CC5)C4)C3)sc2c1. The number of rotatable bonds is 7. The molecule has 3 aliphatic rings. The van der Waals surface area contributed by atoms with Gasteiger partial charge in [0.15, 0.2) is 10.9 Å². The molecular weight excluding hydrogens is 482 g/mol. The lowest BCUT2D eigenvalue weighted by Gasteiger charge is -2.44. The van der Waals surface area contributed by atoms with Crippen LogP contribution in [0.25, 0.3) is 21.5 Å². The summed E-state index contributed by atoms with van der Waals surface area (Å²) >= 11 is 1.70. The third kappa shape index (κ3) is 4.18. The summed E-state index contributed by atoms with van der Waals surface area (Å²) in [4.78, 5) is 19.1. The van der Waals surface area contributed by atoms with E-state index in [0.29, 0.717) is 17.9 Å².